The molecule has 8 heteroatoms. The van der Waals surface area contributed by atoms with E-state index in [9.17, 15) is 14.7 Å². The average molecular weight is 512 g/mol. The van der Waals surface area contributed by atoms with E-state index in [-0.39, 0.29) is 6.10 Å². The SMILES string of the molecule is O=C(N[C@H](CN1CCCC1)[C@H](O)c1ccc(OC2CC2)c(Cl)c1)C(=O)c1ccc(N2CCCC2)cc1. The highest BCUT2D eigenvalue weighted by atomic mass is 35.5. The molecule has 2 heterocycles. The molecule has 1 amide bonds. The molecule has 0 aromatic heterocycles. The van der Waals surface area contributed by atoms with Crippen LogP contribution >= 0.6 is 11.6 Å². The lowest BCUT2D eigenvalue weighted by Gasteiger charge is -2.28. The number of Topliss-reactive ketones (excluding diaryl/α,β-unsaturated/α-hetero) is 1. The smallest absolute Gasteiger partial charge is 0.292 e. The van der Waals surface area contributed by atoms with Gasteiger partial charge in [0.15, 0.2) is 0 Å². The Bertz CT molecular complexity index is 1080. The van der Waals surface area contributed by atoms with Gasteiger partial charge < -0.3 is 25.0 Å². The first-order valence-electron chi connectivity index (χ1n) is 13.0. The standard InChI is InChI=1S/C28H34ClN3O4/c29-23-17-20(7-12-25(23)36-22-10-11-22)26(33)24(18-31-13-1-2-14-31)30-28(35)27(34)19-5-8-21(9-6-19)32-15-3-4-16-32/h5-9,12,17,22,24,26,33H,1-4,10-11,13-16,18H2,(H,30,35)/t24-,26-/m1/s1. The molecule has 36 heavy (non-hydrogen) atoms. The molecular weight excluding hydrogens is 478 g/mol. The largest absolute Gasteiger partial charge is 0.489 e. The van der Waals surface area contributed by atoms with Gasteiger partial charge in [-0.25, -0.2) is 0 Å². The van der Waals surface area contributed by atoms with Crippen LogP contribution in [-0.4, -0.2) is 66.6 Å². The summed E-state index contributed by atoms with van der Waals surface area (Å²) in [7, 11) is 0. The molecular formula is C28H34ClN3O4. The van der Waals surface area contributed by atoms with E-state index < -0.39 is 23.8 Å². The summed E-state index contributed by atoms with van der Waals surface area (Å²) < 4.78 is 5.81. The number of amides is 1. The molecule has 0 bridgehead atoms. The van der Waals surface area contributed by atoms with Crippen molar-refractivity contribution in [2.45, 2.75) is 56.8 Å². The lowest BCUT2D eigenvalue weighted by atomic mass is 10.0. The van der Waals surface area contributed by atoms with Crippen LogP contribution < -0.4 is 15.0 Å². The number of rotatable bonds is 10. The summed E-state index contributed by atoms with van der Waals surface area (Å²) in [5.41, 5.74) is 1.99. The van der Waals surface area contributed by atoms with Crippen LogP contribution in [-0.2, 0) is 4.79 Å². The molecule has 2 saturated heterocycles. The van der Waals surface area contributed by atoms with E-state index in [1.54, 1.807) is 30.3 Å². The van der Waals surface area contributed by atoms with Gasteiger partial charge in [0, 0.05) is 30.9 Å². The minimum absolute atomic E-state index is 0.218. The van der Waals surface area contributed by atoms with Crippen LogP contribution in [0, 0.1) is 0 Å². The monoisotopic (exact) mass is 511 g/mol. The number of anilines is 1. The van der Waals surface area contributed by atoms with E-state index in [1.807, 2.05) is 12.1 Å². The topological polar surface area (TPSA) is 82.1 Å². The number of carbonyl (C=O) groups excluding carboxylic acids is 2. The van der Waals surface area contributed by atoms with Crippen LogP contribution in [0.2, 0.25) is 5.02 Å². The summed E-state index contributed by atoms with van der Waals surface area (Å²) in [5.74, 6) is -0.720. The molecule has 0 radical (unpaired) electrons. The molecule has 2 aromatic rings. The summed E-state index contributed by atoms with van der Waals surface area (Å²) in [5, 5.41) is 14.5. The van der Waals surface area contributed by atoms with Crippen LogP contribution in [0.1, 0.15) is 60.6 Å². The van der Waals surface area contributed by atoms with Gasteiger partial charge in [-0.05, 0) is 93.6 Å². The highest BCUT2D eigenvalue weighted by Gasteiger charge is 2.30. The van der Waals surface area contributed by atoms with Crippen LogP contribution in [0.4, 0.5) is 5.69 Å². The van der Waals surface area contributed by atoms with Crippen molar-refractivity contribution in [3.8, 4) is 5.75 Å². The summed E-state index contributed by atoms with van der Waals surface area (Å²) in [6, 6.07) is 11.8. The Kier molecular flexibility index (Phi) is 7.79. The Labute approximate surface area is 217 Å². The van der Waals surface area contributed by atoms with Gasteiger partial charge in [0.1, 0.15) is 11.9 Å². The molecule has 5 rings (SSSR count). The second kappa shape index (κ2) is 11.2. The fourth-order valence-electron chi connectivity index (χ4n) is 5.03. The van der Waals surface area contributed by atoms with Gasteiger partial charge in [0.25, 0.3) is 5.91 Å². The van der Waals surface area contributed by atoms with E-state index in [0.29, 0.717) is 28.4 Å². The molecule has 3 aliphatic rings. The Balaban J connectivity index is 1.28. The number of carbonyl (C=O) groups is 2. The Morgan fingerprint density at radius 3 is 2.31 bits per heavy atom. The second-order valence-electron chi connectivity index (χ2n) is 10.1. The number of ether oxygens (including phenoxy) is 1. The van der Waals surface area contributed by atoms with Crippen molar-refractivity contribution < 1.29 is 19.4 Å². The van der Waals surface area contributed by atoms with Gasteiger partial charge in [-0.15, -0.1) is 0 Å². The summed E-state index contributed by atoms with van der Waals surface area (Å²) in [6.45, 7) is 4.29. The molecule has 2 aliphatic heterocycles. The first-order chi connectivity index (χ1) is 17.5. The molecule has 1 aliphatic carbocycles. The third kappa shape index (κ3) is 6.02. The number of nitrogens with zero attached hydrogens (tertiary/aromatic N) is 2. The minimum atomic E-state index is -1.02. The number of likely N-dealkylation sites (tertiary alicyclic amines) is 1. The molecule has 2 atom stereocenters. The van der Waals surface area contributed by atoms with Gasteiger partial charge >= 0.3 is 0 Å². The summed E-state index contributed by atoms with van der Waals surface area (Å²) in [4.78, 5) is 30.4. The molecule has 7 nitrogen and oxygen atoms in total. The summed E-state index contributed by atoms with van der Waals surface area (Å²) >= 11 is 6.42. The predicted molar refractivity (Wildman–Crippen MR) is 140 cm³/mol. The number of benzene rings is 2. The van der Waals surface area contributed by atoms with Crippen LogP contribution in [0.3, 0.4) is 0 Å². The number of aliphatic hydroxyl groups excluding tert-OH is 1. The lowest BCUT2D eigenvalue weighted by molar-refractivity contribution is -0.118. The molecule has 2 aromatic carbocycles. The maximum atomic E-state index is 13.0. The minimum Gasteiger partial charge on any atom is -0.489 e. The first kappa shape index (κ1) is 25.1. The number of halogens is 1. The number of aliphatic hydroxyl groups is 1. The average Bonchev–Trinajstić information content (AvgIpc) is 3.31. The number of nitrogens with one attached hydrogen (secondary N) is 1. The first-order valence-corrected chi connectivity index (χ1v) is 13.4. The van der Waals surface area contributed by atoms with Crippen molar-refractivity contribution in [2.24, 2.45) is 0 Å². The molecule has 0 spiro atoms. The van der Waals surface area contributed by atoms with Gasteiger partial charge in [0.05, 0.1) is 17.2 Å². The fraction of sp³-hybridized carbons (Fsp3) is 0.500. The van der Waals surface area contributed by atoms with Crippen LogP contribution in [0.15, 0.2) is 42.5 Å². The molecule has 0 unspecified atom stereocenters. The third-order valence-corrected chi connectivity index (χ3v) is 7.57. The van der Waals surface area contributed by atoms with Crippen molar-refractivity contribution in [3.63, 3.8) is 0 Å². The zero-order chi connectivity index (χ0) is 25.1. The molecule has 3 fully saturated rings. The zero-order valence-corrected chi connectivity index (χ0v) is 21.3. The lowest BCUT2D eigenvalue weighted by Crippen LogP contribution is -2.48. The van der Waals surface area contributed by atoms with Crippen molar-refractivity contribution in [2.75, 3.05) is 37.6 Å². The Morgan fingerprint density at radius 2 is 1.67 bits per heavy atom. The van der Waals surface area contributed by atoms with E-state index in [2.05, 4.69) is 15.1 Å². The number of hydrogen-bond donors (Lipinski definition) is 2. The van der Waals surface area contributed by atoms with E-state index in [1.165, 1.54) is 12.8 Å². The van der Waals surface area contributed by atoms with Gasteiger partial charge in [-0.3, -0.25) is 9.59 Å². The van der Waals surface area contributed by atoms with E-state index in [0.717, 1.165) is 57.5 Å². The number of hydrogen-bond acceptors (Lipinski definition) is 6. The maximum Gasteiger partial charge on any atom is 0.292 e. The van der Waals surface area contributed by atoms with Crippen molar-refractivity contribution in [1.29, 1.82) is 0 Å². The van der Waals surface area contributed by atoms with Crippen LogP contribution in [0.5, 0.6) is 5.75 Å². The molecule has 1 saturated carbocycles. The van der Waals surface area contributed by atoms with Crippen molar-refractivity contribution in [1.82, 2.24) is 10.2 Å². The highest BCUT2D eigenvalue weighted by molar-refractivity contribution is 6.42. The van der Waals surface area contributed by atoms with Crippen LogP contribution in [0.25, 0.3) is 0 Å². The van der Waals surface area contributed by atoms with Crippen molar-refractivity contribution in [3.05, 3.63) is 58.6 Å². The van der Waals surface area contributed by atoms with Crippen molar-refractivity contribution >= 4 is 29.0 Å². The summed E-state index contributed by atoms with van der Waals surface area (Å²) in [6.07, 6.45) is 5.76. The van der Waals surface area contributed by atoms with Gasteiger partial charge in [-0.1, -0.05) is 17.7 Å². The Hall–Kier alpha value is -2.61. The molecule has 2 N–H and O–H groups in total. The van der Waals surface area contributed by atoms with E-state index in [4.69, 9.17) is 16.3 Å². The number of ketones is 1. The molecule has 192 valence electrons. The van der Waals surface area contributed by atoms with E-state index >= 15 is 0 Å². The third-order valence-electron chi connectivity index (χ3n) is 7.27. The second-order valence-corrected chi connectivity index (χ2v) is 10.5. The normalized spacial score (nSPS) is 19.8. The van der Waals surface area contributed by atoms with Gasteiger partial charge in [-0.2, -0.15) is 0 Å². The highest BCUT2D eigenvalue weighted by Crippen LogP contribution is 2.34. The predicted octanol–water partition coefficient (Wildman–Crippen LogP) is 3.98. The Morgan fingerprint density at radius 1 is 1.00 bits per heavy atom. The quantitative estimate of drug-likeness (QED) is 0.371. The fourth-order valence-corrected chi connectivity index (χ4v) is 5.26. The zero-order valence-electron chi connectivity index (χ0n) is 20.5. The maximum absolute atomic E-state index is 13.0. The van der Waals surface area contributed by atoms with Gasteiger partial charge in [0.2, 0.25) is 5.78 Å².